The van der Waals surface area contributed by atoms with Crippen LogP contribution < -0.4 is 4.74 Å². The number of hydrogen-bond donors (Lipinski definition) is 0. The number of hydrogen-bond acceptors (Lipinski definition) is 3. The summed E-state index contributed by atoms with van der Waals surface area (Å²) in [7, 11) is 0. The van der Waals surface area contributed by atoms with Crippen molar-refractivity contribution in [3.05, 3.63) is 54.1 Å². The van der Waals surface area contributed by atoms with E-state index in [2.05, 4.69) is 0 Å². The fraction of sp³-hybridized carbons (Fsp3) is 0.333. The third-order valence-corrected chi connectivity index (χ3v) is 4.32. The smallest absolute Gasteiger partial charge is 0.140 e. The number of carbonyl (C=O) groups is 2. The minimum Gasteiger partial charge on any atom is -0.485 e. The van der Waals surface area contributed by atoms with Crippen molar-refractivity contribution in [2.45, 2.75) is 25.9 Å². The van der Waals surface area contributed by atoms with Crippen LogP contribution in [0.5, 0.6) is 5.75 Å². The summed E-state index contributed by atoms with van der Waals surface area (Å²) in [5.41, 5.74) is 0.953. The van der Waals surface area contributed by atoms with Gasteiger partial charge in [-0.25, -0.2) is 0 Å². The summed E-state index contributed by atoms with van der Waals surface area (Å²) in [6.45, 7) is 3.00. The first-order valence-electron chi connectivity index (χ1n) is 7.21. The second-order valence-corrected chi connectivity index (χ2v) is 5.69. The van der Waals surface area contributed by atoms with Gasteiger partial charge in [-0.05, 0) is 31.6 Å². The van der Waals surface area contributed by atoms with Gasteiger partial charge in [-0.15, -0.1) is 0 Å². The zero-order valence-corrected chi connectivity index (χ0v) is 12.2. The molecule has 0 saturated heterocycles. The maximum Gasteiger partial charge on any atom is 0.140 e. The van der Waals surface area contributed by atoms with Crippen molar-refractivity contribution < 1.29 is 14.3 Å². The molecule has 0 amide bonds. The molecule has 0 spiro atoms. The molecule has 3 heteroatoms. The molecule has 1 heterocycles. The zero-order valence-electron chi connectivity index (χ0n) is 12.2. The number of fused-ring (bicyclic) bond motifs is 2. The number of rotatable bonds is 3. The van der Waals surface area contributed by atoms with E-state index < -0.39 is 5.92 Å². The van der Waals surface area contributed by atoms with Gasteiger partial charge >= 0.3 is 0 Å². The van der Waals surface area contributed by atoms with Crippen LogP contribution in [0.1, 0.15) is 25.3 Å². The van der Waals surface area contributed by atoms with Gasteiger partial charge in [0.15, 0.2) is 0 Å². The molecule has 0 N–H and O–H groups in total. The Hall–Kier alpha value is -2.16. The molecular weight excluding hydrogens is 264 g/mol. The standard InChI is InChI=1S/C18H18O3/c1-11(19)17(12(2)20)18-13-7-3-5-9-15(13)21-16-10-6-4-8-14(16)18/h3-10,13,15,17-18H,1-2H3/t13-,15+,18-/m0/s1. The summed E-state index contributed by atoms with van der Waals surface area (Å²) in [6, 6.07) is 7.70. The number of carbonyl (C=O) groups excluding carboxylic acids is 2. The van der Waals surface area contributed by atoms with E-state index >= 15 is 0 Å². The van der Waals surface area contributed by atoms with Gasteiger partial charge in [-0.2, -0.15) is 0 Å². The average Bonchev–Trinajstić information content (AvgIpc) is 2.46. The molecule has 21 heavy (non-hydrogen) atoms. The number of Topliss-reactive ketones (excluding diaryl/α,β-unsaturated/α-hetero) is 2. The Labute approximate surface area is 124 Å². The van der Waals surface area contributed by atoms with E-state index in [-0.39, 0.29) is 29.5 Å². The molecule has 0 aromatic heterocycles. The lowest BCUT2D eigenvalue weighted by Crippen LogP contribution is -2.41. The van der Waals surface area contributed by atoms with Crippen molar-refractivity contribution in [3.8, 4) is 5.75 Å². The van der Waals surface area contributed by atoms with Crippen LogP contribution in [-0.2, 0) is 9.59 Å². The molecule has 2 aliphatic rings. The summed E-state index contributed by atoms with van der Waals surface area (Å²) < 4.78 is 6.02. The first-order chi connectivity index (χ1) is 10.1. The minimum absolute atomic E-state index is 0.0164. The molecule has 1 aromatic rings. The third kappa shape index (κ3) is 2.33. The molecule has 0 fully saturated rings. The van der Waals surface area contributed by atoms with Gasteiger partial charge in [0.2, 0.25) is 0 Å². The molecular formula is C18H18O3. The highest BCUT2D eigenvalue weighted by atomic mass is 16.5. The van der Waals surface area contributed by atoms with E-state index in [1.807, 2.05) is 48.6 Å². The van der Waals surface area contributed by atoms with Gasteiger partial charge in [0, 0.05) is 11.8 Å². The summed E-state index contributed by atoms with van der Waals surface area (Å²) in [5.74, 6) is -0.134. The maximum absolute atomic E-state index is 12.1. The van der Waals surface area contributed by atoms with Crippen molar-refractivity contribution in [2.75, 3.05) is 0 Å². The molecule has 3 atom stereocenters. The van der Waals surface area contributed by atoms with Crippen LogP contribution in [-0.4, -0.2) is 17.7 Å². The summed E-state index contributed by atoms with van der Waals surface area (Å²) in [4.78, 5) is 24.1. The van der Waals surface area contributed by atoms with Crippen LogP contribution >= 0.6 is 0 Å². The molecule has 3 nitrogen and oxygen atoms in total. The molecule has 0 saturated carbocycles. The fourth-order valence-corrected chi connectivity index (χ4v) is 3.46. The largest absolute Gasteiger partial charge is 0.485 e. The summed E-state index contributed by atoms with van der Waals surface area (Å²) >= 11 is 0. The molecule has 0 bridgehead atoms. The molecule has 1 aromatic carbocycles. The highest BCUT2D eigenvalue weighted by Gasteiger charge is 2.43. The molecule has 0 unspecified atom stereocenters. The lowest BCUT2D eigenvalue weighted by Gasteiger charge is -2.40. The van der Waals surface area contributed by atoms with Gasteiger partial charge in [-0.3, -0.25) is 9.59 Å². The monoisotopic (exact) mass is 282 g/mol. The van der Waals surface area contributed by atoms with Gasteiger partial charge in [0.25, 0.3) is 0 Å². The van der Waals surface area contributed by atoms with E-state index in [4.69, 9.17) is 4.74 Å². The van der Waals surface area contributed by atoms with Crippen molar-refractivity contribution in [1.29, 1.82) is 0 Å². The number of benzene rings is 1. The number of para-hydroxylation sites is 1. The van der Waals surface area contributed by atoms with Crippen LogP contribution in [0.4, 0.5) is 0 Å². The fourth-order valence-electron chi connectivity index (χ4n) is 3.46. The highest BCUT2D eigenvalue weighted by Crippen LogP contribution is 2.46. The van der Waals surface area contributed by atoms with Gasteiger partial charge in [0.05, 0.1) is 5.92 Å². The Morgan fingerprint density at radius 1 is 1.05 bits per heavy atom. The Balaban J connectivity index is 2.14. The lowest BCUT2D eigenvalue weighted by atomic mass is 9.69. The van der Waals surface area contributed by atoms with Gasteiger partial charge < -0.3 is 4.74 Å². The predicted octanol–water partition coefficient (Wildman–Crippen LogP) is 3.07. The van der Waals surface area contributed by atoms with Crippen LogP contribution in [0.15, 0.2) is 48.6 Å². The Morgan fingerprint density at radius 3 is 2.43 bits per heavy atom. The summed E-state index contributed by atoms with van der Waals surface area (Å²) in [6.07, 6.45) is 7.83. The quantitative estimate of drug-likeness (QED) is 0.800. The van der Waals surface area contributed by atoms with E-state index in [1.54, 1.807) is 0 Å². The normalized spacial score (nSPS) is 26.0. The van der Waals surface area contributed by atoms with Crippen LogP contribution in [0.3, 0.4) is 0 Å². The maximum atomic E-state index is 12.1. The Bertz CT molecular complexity index is 628. The minimum atomic E-state index is -0.612. The molecule has 3 rings (SSSR count). The number of allylic oxidation sites excluding steroid dienone is 2. The van der Waals surface area contributed by atoms with Crippen molar-refractivity contribution in [2.24, 2.45) is 11.8 Å². The van der Waals surface area contributed by atoms with Crippen molar-refractivity contribution >= 4 is 11.6 Å². The number of ether oxygens (including phenoxy) is 1. The molecule has 1 aliphatic carbocycles. The van der Waals surface area contributed by atoms with E-state index in [1.165, 1.54) is 13.8 Å². The van der Waals surface area contributed by atoms with Crippen LogP contribution in [0.25, 0.3) is 0 Å². The Morgan fingerprint density at radius 2 is 1.71 bits per heavy atom. The first kappa shape index (κ1) is 13.8. The van der Waals surface area contributed by atoms with Crippen LogP contribution in [0.2, 0.25) is 0 Å². The van der Waals surface area contributed by atoms with Gasteiger partial charge in [-0.1, -0.05) is 36.4 Å². The van der Waals surface area contributed by atoms with Gasteiger partial charge in [0.1, 0.15) is 23.4 Å². The predicted molar refractivity (Wildman–Crippen MR) is 80.2 cm³/mol. The topological polar surface area (TPSA) is 43.4 Å². The van der Waals surface area contributed by atoms with E-state index in [0.29, 0.717) is 0 Å². The van der Waals surface area contributed by atoms with Crippen molar-refractivity contribution in [3.63, 3.8) is 0 Å². The third-order valence-electron chi connectivity index (χ3n) is 4.32. The SMILES string of the molecule is CC(=O)C(C(C)=O)[C@@H]1c2ccccc2O[C@@H]2C=CC=C[C@@H]21. The molecule has 0 radical (unpaired) electrons. The lowest BCUT2D eigenvalue weighted by molar-refractivity contribution is -0.132. The first-order valence-corrected chi connectivity index (χ1v) is 7.21. The van der Waals surface area contributed by atoms with Crippen LogP contribution in [0, 0.1) is 11.8 Å². The Kier molecular flexibility index (Phi) is 3.50. The highest BCUT2D eigenvalue weighted by molar-refractivity contribution is 6.01. The zero-order chi connectivity index (χ0) is 15.0. The van der Waals surface area contributed by atoms with Crippen molar-refractivity contribution in [1.82, 2.24) is 0 Å². The summed E-state index contributed by atoms with van der Waals surface area (Å²) in [5, 5.41) is 0. The number of ketones is 2. The van der Waals surface area contributed by atoms with E-state index in [0.717, 1.165) is 11.3 Å². The average molecular weight is 282 g/mol. The second kappa shape index (κ2) is 5.32. The van der Waals surface area contributed by atoms with E-state index in [9.17, 15) is 9.59 Å². The molecule has 1 aliphatic heterocycles. The molecule has 108 valence electrons. The second-order valence-electron chi connectivity index (χ2n) is 5.69.